The van der Waals surface area contributed by atoms with Gasteiger partial charge in [0.1, 0.15) is 6.61 Å². The SMILES string of the molecule is COc1cc(COC(=O)c2cc(S(=O)(=O)N(C)C)ccc2C)cc(OC)c1OC. The summed E-state index contributed by atoms with van der Waals surface area (Å²) < 4.78 is 47.0. The molecule has 0 spiro atoms. The lowest BCUT2D eigenvalue weighted by Crippen LogP contribution is -2.22. The maximum absolute atomic E-state index is 12.6. The minimum Gasteiger partial charge on any atom is -0.493 e. The van der Waals surface area contributed by atoms with Gasteiger partial charge in [0.15, 0.2) is 11.5 Å². The predicted octanol–water partition coefficient (Wildman–Crippen LogP) is 2.63. The van der Waals surface area contributed by atoms with E-state index < -0.39 is 16.0 Å². The molecule has 0 heterocycles. The zero-order valence-electron chi connectivity index (χ0n) is 17.3. The van der Waals surface area contributed by atoms with E-state index >= 15 is 0 Å². The number of nitrogens with zero attached hydrogens (tertiary/aromatic N) is 1. The van der Waals surface area contributed by atoms with Crippen molar-refractivity contribution in [3.05, 3.63) is 47.0 Å². The maximum atomic E-state index is 12.6. The summed E-state index contributed by atoms with van der Waals surface area (Å²) >= 11 is 0. The molecule has 2 aromatic rings. The predicted molar refractivity (Wildman–Crippen MR) is 107 cm³/mol. The zero-order chi connectivity index (χ0) is 21.8. The van der Waals surface area contributed by atoms with Crippen LogP contribution < -0.4 is 14.2 Å². The van der Waals surface area contributed by atoms with Crippen LogP contribution in [0.5, 0.6) is 17.2 Å². The Hall–Kier alpha value is -2.78. The molecule has 2 rings (SSSR count). The summed E-state index contributed by atoms with van der Waals surface area (Å²) in [5.74, 6) is 0.677. The first kappa shape index (κ1) is 22.5. The lowest BCUT2D eigenvalue weighted by atomic mass is 10.1. The molecule has 0 aliphatic carbocycles. The van der Waals surface area contributed by atoms with Crippen LogP contribution >= 0.6 is 0 Å². The Morgan fingerprint density at radius 3 is 2.03 bits per heavy atom. The third-order valence-corrected chi connectivity index (χ3v) is 6.11. The van der Waals surface area contributed by atoms with E-state index in [4.69, 9.17) is 18.9 Å². The van der Waals surface area contributed by atoms with Gasteiger partial charge in [0.05, 0.1) is 31.8 Å². The Morgan fingerprint density at radius 1 is 0.966 bits per heavy atom. The van der Waals surface area contributed by atoms with Crippen LogP contribution in [0.1, 0.15) is 21.5 Å². The normalized spacial score (nSPS) is 11.3. The molecule has 0 saturated carbocycles. The van der Waals surface area contributed by atoms with Crippen molar-refractivity contribution < 1.29 is 32.2 Å². The molecule has 0 saturated heterocycles. The van der Waals surface area contributed by atoms with Crippen LogP contribution in [0, 0.1) is 6.92 Å². The molecule has 0 aromatic heterocycles. The fraction of sp³-hybridized carbons (Fsp3) is 0.350. The Bertz CT molecular complexity index is 975. The largest absolute Gasteiger partial charge is 0.493 e. The quantitative estimate of drug-likeness (QED) is 0.603. The monoisotopic (exact) mass is 423 g/mol. The van der Waals surface area contributed by atoms with Gasteiger partial charge in [0.25, 0.3) is 0 Å². The van der Waals surface area contributed by atoms with E-state index in [2.05, 4.69) is 0 Å². The van der Waals surface area contributed by atoms with Crippen molar-refractivity contribution in [3.63, 3.8) is 0 Å². The molecule has 0 atom stereocenters. The molecular weight excluding hydrogens is 398 g/mol. The van der Waals surface area contributed by atoms with Gasteiger partial charge in [0, 0.05) is 14.1 Å². The number of sulfonamides is 1. The van der Waals surface area contributed by atoms with Crippen LogP contribution in [-0.2, 0) is 21.4 Å². The summed E-state index contributed by atoms with van der Waals surface area (Å²) in [6.07, 6.45) is 0. The molecule has 0 fully saturated rings. The van der Waals surface area contributed by atoms with Crippen molar-refractivity contribution in [1.82, 2.24) is 4.31 Å². The minimum atomic E-state index is -3.66. The highest BCUT2D eigenvalue weighted by atomic mass is 32.2. The molecule has 0 bridgehead atoms. The molecule has 2 aromatic carbocycles. The van der Waals surface area contributed by atoms with Crippen LogP contribution in [0.4, 0.5) is 0 Å². The van der Waals surface area contributed by atoms with Gasteiger partial charge in [-0.15, -0.1) is 0 Å². The van der Waals surface area contributed by atoms with E-state index in [1.807, 2.05) is 0 Å². The molecule has 29 heavy (non-hydrogen) atoms. The van der Waals surface area contributed by atoms with E-state index in [-0.39, 0.29) is 17.1 Å². The van der Waals surface area contributed by atoms with Crippen molar-refractivity contribution >= 4 is 16.0 Å². The highest BCUT2D eigenvalue weighted by Gasteiger charge is 2.21. The van der Waals surface area contributed by atoms with Gasteiger partial charge in [-0.25, -0.2) is 17.5 Å². The molecule has 0 aliphatic rings. The molecule has 9 heteroatoms. The van der Waals surface area contributed by atoms with Gasteiger partial charge in [-0.3, -0.25) is 0 Å². The van der Waals surface area contributed by atoms with Crippen LogP contribution in [0.2, 0.25) is 0 Å². The molecule has 0 amide bonds. The van der Waals surface area contributed by atoms with E-state index in [9.17, 15) is 13.2 Å². The van der Waals surface area contributed by atoms with Crippen molar-refractivity contribution in [2.45, 2.75) is 18.4 Å². The average Bonchev–Trinajstić information content (AvgIpc) is 2.70. The third kappa shape index (κ3) is 4.80. The molecule has 0 radical (unpaired) electrons. The summed E-state index contributed by atoms with van der Waals surface area (Å²) in [5.41, 5.74) is 1.42. The van der Waals surface area contributed by atoms with Crippen LogP contribution in [0.15, 0.2) is 35.2 Å². The number of hydrogen-bond donors (Lipinski definition) is 0. The molecule has 8 nitrogen and oxygen atoms in total. The summed E-state index contributed by atoms with van der Waals surface area (Å²) in [7, 11) is 3.68. The second-order valence-corrected chi connectivity index (χ2v) is 8.53. The van der Waals surface area contributed by atoms with Gasteiger partial charge in [-0.1, -0.05) is 6.07 Å². The topological polar surface area (TPSA) is 91.4 Å². The van der Waals surface area contributed by atoms with Crippen molar-refractivity contribution in [2.75, 3.05) is 35.4 Å². The fourth-order valence-corrected chi connectivity index (χ4v) is 3.57. The Labute approximate surface area is 171 Å². The van der Waals surface area contributed by atoms with Crippen LogP contribution in [0.25, 0.3) is 0 Å². The lowest BCUT2D eigenvalue weighted by molar-refractivity contribution is 0.0471. The number of aryl methyl sites for hydroxylation is 1. The number of carbonyl (C=O) groups is 1. The summed E-state index contributed by atoms with van der Waals surface area (Å²) in [4.78, 5) is 12.6. The van der Waals surface area contributed by atoms with Crippen LogP contribution in [0.3, 0.4) is 0 Å². The highest BCUT2D eigenvalue weighted by molar-refractivity contribution is 7.89. The van der Waals surface area contributed by atoms with Crippen molar-refractivity contribution in [3.8, 4) is 17.2 Å². The van der Waals surface area contributed by atoms with Gasteiger partial charge >= 0.3 is 5.97 Å². The Morgan fingerprint density at radius 2 is 1.55 bits per heavy atom. The van der Waals surface area contributed by atoms with E-state index in [1.54, 1.807) is 25.1 Å². The minimum absolute atomic E-state index is 0.0211. The van der Waals surface area contributed by atoms with Crippen molar-refractivity contribution in [1.29, 1.82) is 0 Å². The number of methoxy groups -OCH3 is 3. The second-order valence-electron chi connectivity index (χ2n) is 6.37. The van der Waals surface area contributed by atoms with E-state index in [1.165, 1.54) is 47.6 Å². The lowest BCUT2D eigenvalue weighted by Gasteiger charge is -2.15. The number of ether oxygens (including phenoxy) is 4. The van der Waals surface area contributed by atoms with Crippen LogP contribution in [-0.4, -0.2) is 54.1 Å². The molecule has 0 aliphatic heterocycles. The smallest absolute Gasteiger partial charge is 0.338 e. The third-order valence-electron chi connectivity index (χ3n) is 4.30. The fourth-order valence-electron chi connectivity index (χ4n) is 2.64. The van der Waals surface area contributed by atoms with Crippen molar-refractivity contribution in [2.24, 2.45) is 0 Å². The number of benzene rings is 2. The van der Waals surface area contributed by atoms with E-state index in [0.717, 1.165) is 4.31 Å². The molecule has 158 valence electrons. The number of hydrogen-bond acceptors (Lipinski definition) is 7. The summed E-state index contributed by atoms with van der Waals surface area (Å²) in [6.45, 7) is 1.65. The average molecular weight is 423 g/mol. The molecule has 0 unspecified atom stereocenters. The number of rotatable bonds is 8. The maximum Gasteiger partial charge on any atom is 0.338 e. The highest BCUT2D eigenvalue weighted by Crippen LogP contribution is 2.38. The Kier molecular flexibility index (Phi) is 7.10. The summed E-state index contributed by atoms with van der Waals surface area (Å²) in [5, 5.41) is 0. The molecular formula is C20H25NO7S. The standard InChI is InChI=1S/C20H25NO7S/c1-13-7-8-15(29(23,24)21(2)3)11-16(13)20(22)28-12-14-9-17(25-4)19(27-6)18(10-14)26-5/h7-11H,12H2,1-6H3. The molecule has 0 N–H and O–H groups in total. The zero-order valence-corrected chi connectivity index (χ0v) is 18.1. The van der Waals surface area contributed by atoms with E-state index in [0.29, 0.717) is 28.4 Å². The number of esters is 1. The van der Waals surface area contributed by atoms with Gasteiger partial charge in [-0.2, -0.15) is 0 Å². The summed E-state index contributed by atoms with van der Waals surface area (Å²) in [6, 6.07) is 7.71. The number of carbonyl (C=O) groups excluding carboxylic acids is 1. The van der Waals surface area contributed by atoms with Gasteiger partial charge in [0.2, 0.25) is 15.8 Å². The first-order valence-corrected chi connectivity index (χ1v) is 10.1. The second kappa shape index (κ2) is 9.15. The first-order valence-electron chi connectivity index (χ1n) is 8.64. The first-order chi connectivity index (χ1) is 13.6. The van der Waals surface area contributed by atoms with Gasteiger partial charge in [-0.05, 0) is 42.3 Å². The van der Waals surface area contributed by atoms with Gasteiger partial charge < -0.3 is 18.9 Å². The Balaban J connectivity index is 2.28.